The maximum Gasteiger partial charge on any atom is 0.407 e. The van der Waals surface area contributed by atoms with Crippen LogP contribution in [0.3, 0.4) is 0 Å². The van der Waals surface area contributed by atoms with Gasteiger partial charge >= 0.3 is 12.1 Å². The van der Waals surface area contributed by atoms with Crippen LogP contribution in [0.15, 0.2) is 94.7 Å². The number of alkyl carbamates (subject to hydrolysis) is 1. The van der Waals surface area contributed by atoms with Crippen molar-refractivity contribution in [3.8, 4) is 11.3 Å². The van der Waals surface area contributed by atoms with E-state index in [9.17, 15) is 39.0 Å². The highest BCUT2D eigenvalue weighted by Crippen LogP contribution is 2.39. The molecule has 4 fully saturated rings. The number of fused-ring (bicyclic) bond motifs is 6. The molecule has 0 spiro atoms. The average Bonchev–Trinajstić information content (AvgIpc) is 1.53. The van der Waals surface area contributed by atoms with Crippen molar-refractivity contribution >= 4 is 69.4 Å². The molecule has 1 saturated carbocycles. The molecule has 8 heterocycles. The van der Waals surface area contributed by atoms with Crippen molar-refractivity contribution in [2.75, 3.05) is 158 Å². The first kappa shape index (κ1) is 101. The van der Waals surface area contributed by atoms with E-state index in [0.29, 0.717) is 215 Å². The Bertz CT molecular complexity index is 4560. The number of likely N-dealkylation sites (tertiary alicyclic amines) is 1. The molecule has 1 aliphatic carbocycles. The number of ether oxygens (including phenoxy) is 12. The normalized spacial score (nSPS) is 27.4. The zero-order valence-electron chi connectivity index (χ0n) is 77.0. The van der Waals surface area contributed by atoms with E-state index in [-0.39, 0.29) is 74.4 Å². The lowest BCUT2D eigenvalue weighted by Crippen LogP contribution is -2.61. The minimum atomic E-state index is -2.45. The number of hydrogen-bond donors (Lipinski definition) is 7. The number of piperidine rings is 1. The monoisotopic (exact) mass is 1800 g/mol. The van der Waals surface area contributed by atoms with Crippen LogP contribution in [-0.2, 0) is 100 Å². The second-order valence-corrected chi connectivity index (χ2v) is 35.5. The van der Waals surface area contributed by atoms with Crippen molar-refractivity contribution in [2.24, 2.45) is 35.3 Å². The van der Waals surface area contributed by atoms with Gasteiger partial charge in [-0.3, -0.25) is 24.1 Å². The van der Waals surface area contributed by atoms with Gasteiger partial charge in [-0.2, -0.15) is 10.1 Å². The fourth-order valence-corrected chi connectivity index (χ4v) is 18.5. The molecule has 5 aliphatic heterocycles. The van der Waals surface area contributed by atoms with Gasteiger partial charge in [0.25, 0.3) is 17.7 Å². The molecule has 2 bridgehead atoms. The number of aromatic nitrogens is 5. The highest BCUT2D eigenvalue weighted by Gasteiger charge is 2.53. The Morgan fingerprint density at radius 3 is 2.21 bits per heavy atom. The summed E-state index contributed by atoms with van der Waals surface area (Å²) in [5.41, 5.74) is 27.3. The molecule has 3 saturated heterocycles. The first-order chi connectivity index (χ1) is 62.3. The molecule has 0 radical (unpaired) electrons. The lowest BCUT2D eigenvalue weighted by Gasteiger charge is -2.42. The molecule has 16 atom stereocenters. The minimum Gasteiger partial charge on any atom is -0.459 e. The van der Waals surface area contributed by atoms with Gasteiger partial charge in [0, 0.05) is 103 Å². The number of Topliss-reactive ketones (excluding diaryl/α,β-unsaturated/α-hetero) is 2. The van der Waals surface area contributed by atoms with Gasteiger partial charge in [0.05, 0.1) is 116 Å². The molecule has 5 aromatic rings. The number of carbonyl (C=O) groups excluding carboxylic acids is 6. The summed E-state index contributed by atoms with van der Waals surface area (Å²) in [6, 6.07) is 10.5. The van der Waals surface area contributed by atoms with E-state index in [1.165, 1.54) is 23.9 Å². The molecule has 0 unspecified atom stereocenters. The van der Waals surface area contributed by atoms with Crippen LogP contribution in [0.2, 0.25) is 0 Å². The number of aliphatic hydroxyl groups excluding tert-OH is 1. The predicted molar refractivity (Wildman–Crippen MR) is 485 cm³/mol. The van der Waals surface area contributed by atoms with Crippen LogP contribution in [-0.4, -0.2) is 298 Å². The maximum atomic E-state index is 14.7. The van der Waals surface area contributed by atoms with Crippen molar-refractivity contribution in [3.05, 3.63) is 107 Å². The molecule has 10 N–H and O–H groups in total. The molecular formula is C95H141N13O21. The number of benzene rings is 2. The predicted octanol–water partition coefficient (Wildman–Crippen LogP) is 8.72. The number of aliphatic hydroxyl groups is 2. The third-order valence-electron chi connectivity index (χ3n) is 26.0. The fraction of sp³-hybridized carbons (Fsp3) is 0.663. The lowest BCUT2D eigenvalue weighted by molar-refractivity contribution is -0.265. The maximum absolute atomic E-state index is 14.7. The largest absolute Gasteiger partial charge is 0.459 e. The quantitative estimate of drug-likeness (QED) is 0.00852. The number of oxazole rings is 1. The molecule has 2 aromatic carbocycles. The smallest absolute Gasteiger partial charge is 0.407 e. The number of nitrogen functional groups attached to an aromatic ring is 2. The number of carbonyl (C=O) groups is 6. The third kappa shape index (κ3) is 29.0. The average molecular weight is 1800 g/mol. The summed E-state index contributed by atoms with van der Waals surface area (Å²) in [5, 5.41) is 35.7. The topological polar surface area (TPSA) is 435 Å². The zero-order chi connectivity index (χ0) is 91.9. The Hall–Kier alpha value is -8.56. The summed E-state index contributed by atoms with van der Waals surface area (Å²) in [6.45, 7) is 21.6. The number of anilines is 2. The van der Waals surface area contributed by atoms with Gasteiger partial charge in [0.15, 0.2) is 17.0 Å². The van der Waals surface area contributed by atoms with Crippen molar-refractivity contribution in [3.63, 3.8) is 0 Å². The summed E-state index contributed by atoms with van der Waals surface area (Å²) < 4.78 is 78.1. The van der Waals surface area contributed by atoms with E-state index in [4.69, 9.17) is 83.6 Å². The van der Waals surface area contributed by atoms with Crippen molar-refractivity contribution < 1.29 is 100 Å². The Morgan fingerprint density at radius 1 is 0.713 bits per heavy atom. The molecule has 712 valence electrons. The number of nitrogens with two attached hydrogens (primary N) is 3. The van der Waals surface area contributed by atoms with Crippen LogP contribution in [0.5, 0.6) is 0 Å². The van der Waals surface area contributed by atoms with Gasteiger partial charge in [0.1, 0.15) is 53.8 Å². The SMILES string of the molecule is CO[C@H]1C[C@@H]2CC[C@@H](C)[C@@](O)(O2)C(=O)C(=O)N2CCCC[C@H]2C(=O)O[C@H]([C@H](N)C[C@@H]2CC[C@@H](OC(=O)NCCOCCOCCNC[C@@H]3CCCN3CCOCCOCCOCCOCCC(=O)N3CCc4cc(Cn5nc(-c6ccc7oc(N)nc7c6)c6c(N)ncnc65)ccc4C3)[C@H](OC)C2)CC[C@H](C)/C=C(\C)[C@@H](O)[C@@H](OC)C(=O)[C@H](C)C[C@H](C)/C=C/C=CC=C1C. The Labute approximate surface area is 758 Å². The second kappa shape index (κ2) is 50.9. The Balaban J connectivity index is 0.523. The highest BCUT2D eigenvalue weighted by atomic mass is 16.6. The summed E-state index contributed by atoms with van der Waals surface area (Å²) in [7, 11) is 4.58. The summed E-state index contributed by atoms with van der Waals surface area (Å²) >= 11 is 0. The number of esters is 1. The van der Waals surface area contributed by atoms with Crippen LogP contribution >= 0.6 is 0 Å². The van der Waals surface area contributed by atoms with Gasteiger partial charge < -0.3 is 109 Å². The van der Waals surface area contributed by atoms with E-state index in [1.54, 1.807) is 34.1 Å². The molecular weight excluding hydrogens is 1660 g/mol. The standard InChI is InChI=1S/C95H141N13O21/c1-61-16-11-10-12-17-63(3)80(117-7)56-73-26-21-66(6)95(116,129-73)88(112)91(113)107-35-14-13-19-76(107)92(114)126-77(27-20-62(2)51-65(5)86(111)87(119-9)85(110)64(4)50-61)74(96)53-67-23-28-79(81(54-67)118-8)128-94(115)100-33-40-122-44-43-121-39-32-99-57-72-18-15-34-105(72)37-41-123-45-47-125-49-48-124-46-42-120-38-31-82(109)106-36-30-69-52-68(22-24-71(69)59-106)58-108-90-83(89(97)101-60-102-90)84(104-108)70-25-29-78-75(55-70)103-93(98)127-78/h10-12,16-17,22,24-25,29,51-52,55,60-62,64,66-67,72-74,76-77,79-81,86-87,99,111,116H,13-15,18-21,23,26-28,30-50,53-54,56-59,96H2,1-9H3,(H2,98,103)(H,100,115)(H2,97,101,102)/b12-10?,16-11+,63-17?,65-51+/t61-,62+,64-,66-,67+,72+,73+,74-,76+,77+,79-,80+,81-,86-,87+,95-/m1/s1. The van der Waals surface area contributed by atoms with Crippen molar-refractivity contribution in [1.29, 1.82) is 0 Å². The number of rotatable bonds is 36. The van der Waals surface area contributed by atoms with Crippen LogP contribution in [0.1, 0.15) is 161 Å². The van der Waals surface area contributed by atoms with Crippen molar-refractivity contribution in [1.82, 2.24) is 50.1 Å². The van der Waals surface area contributed by atoms with E-state index >= 15 is 0 Å². The summed E-state index contributed by atoms with van der Waals surface area (Å²) in [4.78, 5) is 103. The number of hydrogen-bond acceptors (Lipinski definition) is 30. The van der Waals surface area contributed by atoms with Gasteiger partial charge in [-0.15, -0.1) is 0 Å². The molecule has 11 rings (SSSR count). The van der Waals surface area contributed by atoms with Gasteiger partial charge in [-0.1, -0.05) is 82.4 Å². The third-order valence-corrected chi connectivity index (χ3v) is 26.0. The Kier molecular flexibility index (Phi) is 39.8. The molecule has 6 aliphatic rings. The van der Waals surface area contributed by atoms with Gasteiger partial charge in [-0.25, -0.2) is 24.2 Å². The molecule has 129 heavy (non-hydrogen) atoms. The minimum absolute atomic E-state index is 0.0212. The summed E-state index contributed by atoms with van der Waals surface area (Å²) in [6.07, 6.45) is 16.2. The van der Waals surface area contributed by atoms with E-state index in [1.807, 2.05) is 85.9 Å². The number of cyclic esters (lactones) is 1. The van der Waals surface area contributed by atoms with Gasteiger partial charge in [0.2, 0.25) is 11.7 Å². The molecule has 3 aromatic heterocycles. The number of nitrogens with one attached hydrogen (secondary N) is 2. The second-order valence-electron chi connectivity index (χ2n) is 35.5. The number of methoxy groups -OCH3 is 3. The molecule has 34 nitrogen and oxygen atoms in total. The van der Waals surface area contributed by atoms with Crippen LogP contribution in [0.4, 0.5) is 16.6 Å². The summed E-state index contributed by atoms with van der Waals surface area (Å²) in [5.74, 6) is -6.51. The van der Waals surface area contributed by atoms with E-state index < -0.39 is 96.2 Å². The molecule has 34 heteroatoms. The van der Waals surface area contributed by atoms with Gasteiger partial charge in [-0.05, 0) is 180 Å². The highest BCUT2D eigenvalue weighted by molar-refractivity contribution is 6.39. The fourth-order valence-electron chi connectivity index (χ4n) is 18.5. The van der Waals surface area contributed by atoms with E-state index in [2.05, 4.69) is 48.7 Å². The van der Waals surface area contributed by atoms with E-state index in [0.717, 1.165) is 61.2 Å². The Morgan fingerprint density at radius 2 is 1.46 bits per heavy atom. The van der Waals surface area contributed by atoms with Crippen LogP contribution in [0, 0.1) is 29.6 Å². The number of ketones is 2. The van der Waals surface area contributed by atoms with Crippen molar-refractivity contribution in [2.45, 2.75) is 230 Å². The first-order valence-electron chi connectivity index (χ1n) is 46.4. The van der Waals surface area contributed by atoms with Crippen LogP contribution < -0.4 is 27.8 Å². The number of allylic oxidation sites excluding steroid dienone is 6. The van der Waals surface area contributed by atoms with Crippen LogP contribution in [0.25, 0.3) is 33.4 Å². The first-order valence-corrected chi connectivity index (χ1v) is 46.4. The number of amides is 3. The lowest BCUT2D eigenvalue weighted by atomic mass is 9.80. The number of nitrogens with zero attached hydrogens (tertiary/aromatic N) is 8. The molecule has 3 amide bonds. The zero-order valence-corrected chi connectivity index (χ0v) is 77.0.